The molecule has 0 spiro atoms. The number of nitrogens with one attached hydrogen (secondary N) is 1. The summed E-state index contributed by atoms with van der Waals surface area (Å²) in [5.41, 5.74) is 3.20. The van der Waals surface area contributed by atoms with Gasteiger partial charge in [0, 0.05) is 43.4 Å². The van der Waals surface area contributed by atoms with Crippen molar-refractivity contribution in [3.05, 3.63) is 65.6 Å². The molecule has 4 aromatic rings. The van der Waals surface area contributed by atoms with Crippen LogP contribution in [-0.2, 0) is 6.42 Å². The zero-order chi connectivity index (χ0) is 24.5. The number of aryl methyl sites for hydroxylation is 2. The van der Waals surface area contributed by atoms with Crippen LogP contribution in [-0.4, -0.2) is 48.7 Å². The van der Waals surface area contributed by atoms with E-state index in [1.54, 1.807) is 19.1 Å². The summed E-state index contributed by atoms with van der Waals surface area (Å²) in [6.07, 6.45) is 9.17. The van der Waals surface area contributed by atoms with E-state index in [9.17, 15) is 9.90 Å². The lowest BCUT2D eigenvalue weighted by Gasteiger charge is -2.32. The number of aromatic nitrogens is 5. The lowest BCUT2D eigenvalue weighted by atomic mass is 10.1. The van der Waals surface area contributed by atoms with Crippen molar-refractivity contribution < 1.29 is 14.3 Å². The molecule has 35 heavy (non-hydrogen) atoms. The number of fused-ring (bicyclic) bond motifs is 1. The van der Waals surface area contributed by atoms with Gasteiger partial charge in [-0.25, -0.2) is 29.1 Å². The molecule has 1 aliphatic heterocycles. The molecule has 0 saturated carbocycles. The summed E-state index contributed by atoms with van der Waals surface area (Å²) in [5.74, 6) is -0.326. The van der Waals surface area contributed by atoms with Crippen LogP contribution in [0.3, 0.4) is 0 Å². The minimum absolute atomic E-state index is 0.0903. The number of carboxylic acids is 1. The number of anilines is 3. The highest BCUT2D eigenvalue weighted by molar-refractivity contribution is 5.91. The highest BCUT2D eigenvalue weighted by Gasteiger charge is 2.26. The highest BCUT2D eigenvalue weighted by Crippen LogP contribution is 2.33. The van der Waals surface area contributed by atoms with E-state index in [1.165, 1.54) is 18.6 Å². The average Bonchev–Trinajstić information content (AvgIpc) is 3.22. The molecule has 9 nitrogen and oxygen atoms in total. The van der Waals surface area contributed by atoms with E-state index in [4.69, 9.17) is 0 Å². The molecule has 0 atom stereocenters. The number of piperidine rings is 1. The van der Waals surface area contributed by atoms with Crippen LogP contribution in [0.1, 0.15) is 47.3 Å². The molecule has 0 aliphatic carbocycles. The van der Waals surface area contributed by atoms with E-state index < -0.39 is 11.8 Å². The Bertz CT molecular complexity index is 1380. The van der Waals surface area contributed by atoms with Crippen LogP contribution in [0, 0.1) is 12.7 Å². The molecule has 1 aliphatic rings. The minimum atomic E-state index is -0.997. The van der Waals surface area contributed by atoms with Crippen LogP contribution in [0.4, 0.5) is 21.8 Å². The van der Waals surface area contributed by atoms with Crippen LogP contribution in [0.15, 0.2) is 43.1 Å². The van der Waals surface area contributed by atoms with E-state index in [0.29, 0.717) is 22.5 Å². The molecule has 0 unspecified atom stereocenters. The Morgan fingerprint density at radius 3 is 2.57 bits per heavy atom. The van der Waals surface area contributed by atoms with Crippen LogP contribution in [0.2, 0.25) is 0 Å². The third kappa shape index (κ3) is 4.39. The van der Waals surface area contributed by atoms with Gasteiger partial charge in [0.05, 0.1) is 10.9 Å². The fourth-order valence-electron chi connectivity index (χ4n) is 4.52. The van der Waals surface area contributed by atoms with Crippen molar-refractivity contribution in [3.63, 3.8) is 0 Å². The third-order valence-corrected chi connectivity index (χ3v) is 6.53. The standard InChI is InChI=1S/C25H26FN7O2/c1-3-16-11-27-25(28-12-16)32-8-6-18(7-9-32)33-13-19(26)21-22(29-14-30-23(21)33)31-20-5-4-17(24(34)35)10-15(20)2/h4-5,10-14,18H,3,6-9H2,1-2H3,(H,34,35)(H,29,30,31). The number of carboxylic acid groups (broad SMARTS) is 1. The van der Waals surface area contributed by atoms with E-state index in [0.717, 1.165) is 49.4 Å². The number of hydrogen-bond donors (Lipinski definition) is 2. The second-order valence-electron chi connectivity index (χ2n) is 8.73. The number of benzene rings is 1. The molecule has 1 aromatic carbocycles. The molecule has 0 bridgehead atoms. The monoisotopic (exact) mass is 475 g/mol. The van der Waals surface area contributed by atoms with Gasteiger partial charge >= 0.3 is 5.97 Å². The lowest BCUT2D eigenvalue weighted by molar-refractivity contribution is 0.0697. The predicted molar refractivity (Wildman–Crippen MR) is 131 cm³/mol. The maximum atomic E-state index is 15.2. The summed E-state index contributed by atoms with van der Waals surface area (Å²) in [5, 5.41) is 12.7. The van der Waals surface area contributed by atoms with E-state index in [2.05, 4.69) is 37.1 Å². The third-order valence-electron chi connectivity index (χ3n) is 6.53. The average molecular weight is 476 g/mol. The smallest absolute Gasteiger partial charge is 0.335 e. The van der Waals surface area contributed by atoms with Gasteiger partial charge in [-0.15, -0.1) is 0 Å². The first-order chi connectivity index (χ1) is 16.9. The Balaban J connectivity index is 1.37. The molecular formula is C25H26FN7O2. The van der Waals surface area contributed by atoms with Gasteiger partial charge in [0.1, 0.15) is 17.8 Å². The van der Waals surface area contributed by atoms with E-state index in [1.807, 2.05) is 17.0 Å². The van der Waals surface area contributed by atoms with Crippen LogP contribution in [0.25, 0.3) is 11.0 Å². The molecule has 0 amide bonds. The summed E-state index contributed by atoms with van der Waals surface area (Å²) in [4.78, 5) is 31.0. The normalized spacial score (nSPS) is 14.4. The Kier molecular flexibility index (Phi) is 6.02. The number of aromatic carboxylic acids is 1. The maximum absolute atomic E-state index is 15.2. The van der Waals surface area contributed by atoms with Crippen LogP contribution in [0.5, 0.6) is 0 Å². The van der Waals surface area contributed by atoms with Crippen molar-refractivity contribution in [2.24, 2.45) is 0 Å². The summed E-state index contributed by atoms with van der Waals surface area (Å²) >= 11 is 0. The first-order valence-corrected chi connectivity index (χ1v) is 11.6. The Morgan fingerprint density at radius 2 is 1.91 bits per heavy atom. The largest absolute Gasteiger partial charge is 0.478 e. The maximum Gasteiger partial charge on any atom is 0.335 e. The van der Waals surface area contributed by atoms with Gasteiger partial charge in [-0.05, 0) is 55.5 Å². The molecule has 10 heteroatoms. The summed E-state index contributed by atoms with van der Waals surface area (Å²) < 4.78 is 17.1. The van der Waals surface area contributed by atoms with Gasteiger partial charge in [-0.3, -0.25) is 0 Å². The van der Waals surface area contributed by atoms with E-state index >= 15 is 4.39 Å². The summed E-state index contributed by atoms with van der Waals surface area (Å²) in [7, 11) is 0. The Hall–Kier alpha value is -4.08. The van der Waals surface area contributed by atoms with Crippen molar-refractivity contribution in [1.82, 2.24) is 24.5 Å². The van der Waals surface area contributed by atoms with Gasteiger partial charge in [0.15, 0.2) is 5.82 Å². The quantitative estimate of drug-likeness (QED) is 0.419. The molecule has 5 rings (SSSR count). The first-order valence-electron chi connectivity index (χ1n) is 11.6. The molecule has 3 aromatic heterocycles. The number of carbonyl (C=O) groups is 1. The van der Waals surface area contributed by atoms with Gasteiger partial charge < -0.3 is 19.9 Å². The molecule has 4 heterocycles. The molecule has 180 valence electrons. The fraction of sp³-hybridized carbons (Fsp3) is 0.320. The summed E-state index contributed by atoms with van der Waals surface area (Å²) in [6, 6.07) is 4.82. The number of nitrogens with zero attached hydrogens (tertiary/aromatic N) is 6. The number of halogens is 1. The zero-order valence-corrected chi connectivity index (χ0v) is 19.6. The Morgan fingerprint density at radius 1 is 1.17 bits per heavy atom. The number of hydrogen-bond acceptors (Lipinski definition) is 7. The molecular weight excluding hydrogens is 449 g/mol. The van der Waals surface area contributed by atoms with Gasteiger partial charge in [0.25, 0.3) is 0 Å². The van der Waals surface area contributed by atoms with Gasteiger partial charge in [-0.1, -0.05) is 6.92 Å². The molecule has 1 fully saturated rings. The first kappa shape index (κ1) is 22.7. The van der Waals surface area contributed by atoms with Crippen molar-refractivity contribution in [2.45, 2.75) is 39.2 Å². The Labute approximate surface area is 201 Å². The summed E-state index contributed by atoms with van der Waals surface area (Å²) in [6.45, 7) is 5.40. The highest BCUT2D eigenvalue weighted by atomic mass is 19.1. The lowest BCUT2D eigenvalue weighted by Crippen LogP contribution is -2.35. The number of rotatable bonds is 6. The second-order valence-corrected chi connectivity index (χ2v) is 8.73. The zero-order valence-electron chi connectivity index (χ0n) is 19.6. The van der Waals surface area contributed by atoms with Crippen molar-refractivity contribution in [1.29, 1.82) is 0 Å². The topological polar surface area (TPSA) is 109 Å². The van der Waals surface area contributed by atoms with E-state index in [-0.39, 0.29) is 11.6 Å². The van der Waals surface area contributed by atoms with Gasteiger partial charge in [0.2, 0.25) is 5.95 Å². The SMILES string of the molecule is CCc1cnc(N2CCC(n3cc(F)c4c(Nc5ccc(C(=O)O)cc5C)ncnc43)CC2)nc1. The van der Waals surface area contributed by atoms with Crippen LogP contribution >= 0.6 is 0 Å². The molecule has 0 radical (unpaired) electrons. The fourth-order valence-corrected chi connectivity index (χ4v) is 4.52. The van der Waals surface area contributed by atoms with Gasteiger partial charge in [-0.2, -0.15) is 0 Å². The second kappa shape index (κ2) is 9.28. The van der Waals surface area contributed by atoms with Crippen molar-refractivity contribution in [2.75, 3.05) is 23.3 Å². The van der Waals surface area contributed by atoms with Crippen molar-refractivity contribution >= 4 is 34.5 Å². The minimum Gasteiger partial charge on any atom is -0.478 e. The molecule has 2 N–H and O–H groups in total. The van der Waals surface area contributed by atoms with Crippen molar-refractivity contribution in [3.8, 4) is 0 Å². The molecule has 1 saturated heterocycles. The predicted octanol–water partition coefficient (Wildman–Crippen LogP) is 4.51. The van der Waals surface area contributed by atoms with Crippen LogP contribution < -0.4 is 10.2 Å².